The van der Waals surface area contributed by atoms with Gasteiger partial charge in [-0.05, 0) is 59.7 Å². The first-order valence-corrected chi connectivity index (χ1v) is 25.4. The fraction of sp³-hybridized carbons (Fsp3) is 0.418. The first-order valence-electron chi connectivity index (χ1n) is 25.4. The Hall–Kier alpha value is -7.48. The predicted molar refractivity (Wildman–Crippen MR) is 276 cm³/mol. The largest absolute Gasteiger partial charge is 0.508 e. The fourth-order valence-corrected chi connectivity index (χ4v) is 10.3. The lowest BCUT2D eigenvalue weighted by molar-refractivity contribution is -0.342. The number of carbonyl (C=O) groups is 3. The number of amides is 1. The number of ether oxygens (including phenoxy) is 9. The van der Waals surface area contributed by atoms with Crippen LogP contribution in [0.2, 0.25) is 0 Å². The van der Waals surface area contributed by atoms with Crippen LogP contribution in [-0.4, -0.2) is 206 Å². The van der Waals surface area contributed by atoms with Crippen LogP contribution in [0.4, 0.5) is 5.69 Å². The number of phenolic OH excluding ortho intramolecular Hbond substituents is 3. The number of fused-ring (bicyclic) bond motifs is 2. The number of hydrogen-bond acceptors (Lipinski definition) is 26. The lowest BCUT2D eigenvalue weighted by Gasteiger charge is -2.46. The molecule has 0 bridgehead atoms. The second-order valence-electron chi connectivity index (χ2n) is 19.6. The Balaban J connectivity index is 0.984. The second-order valence-corrected chi connectivity index (χ2v) is 19.6. The van der Waals surface area contributed by atoms with E-state index in [1.807, 2.05) is 0 Å². The molecule has 27 nitrogen and oxygen atoms in total. The van der Waals surface area contributed by atoms with E-state index in [-0.39, 0.29) is 51.3 Å². The Morgan fingerprint density at radius 1 is 0.659 bits per heavy atom. The molecule has 1 unspecified atom stereocenters. The molecule has 12 N–H and O–H groups in total. The number of phenols is 3. The van der Waals surface area contributed by atoms with E-state index in [4.69, 9.17) is 47.0 Å². The summed E-state index contributed by atoms with van der Waals surface area (Å²) in [5.41, 5.74) is -0.393. The zero-order chi connectivity index (χ0) is 59.0. The lowest BCUT2D eigenvalue weighted by Crippen LogP contribution is -2.64. The Bertz CT molecular complexity index is 3210. The van der Waals surface area contributed by atoms with Crippen LogP contribution in [0.25, 0.3) is 28.4 Å². The monoisotopic (exact) mass is 1150 g/mol. The number of aromatic hydroxyl groups is 3. The number of aliphatic hydroxyl groups excluding tert-OH is 9. The van der Waals surface area contributed by atoms with Crippen molar-refractivity contribution in [2.24, 2.45) is 0 Å². The van der Waals surface area contributed by atoms with Gasteiger partial charge in [0, 0.05) is 23.8 Å². The van der Waals surface area contributed by atoms with Crippen LogP contribution in [0.5, 0.6) is 34.5 Å². The molecule has 5 heterocycles. The summed E-state index contributed by atoms with van der Waals surface area (Å²) in [5.74, 6) is -5.66. The van der Waals surface area contributed by atoms with Crippen molar-refractivity contribution in [3.05, 3.63) is 106 Å². The smallest absolute Gasteiger partial charge is 0.330 e. The first kappa shape index (κ1) is 59.2. The minimum absolute atomic E-state index is 0.00532. The zero-order valence-corrected chi connectivity index (χ0v) is 43.7. The Morgan fingerprint density at radius 3 is 1.95 bits per heavy atom. The van der Waals surface area contributed by atoms with Gasteiger partial charge in [0.1, 0.15) is 127 Å². The molecule has 0 saturated carbocycles. The summed E-state index contributed by atoms with van der Waals surface area (Å²) in [6.45, 7) is -2.47. The summed E-state index contributed by atoms with van der Waals surface area (Å²) in [6, 6.07) is 16.7. The molecule has 4 aromatic carbocycles. The molecular weight excluding hydrogens is 1090 g/mol. The number of anilines is 1. The topological polar surface area (TPSA) is 410 Å². The molecule has 4 aliphatic heterocycles. The van der Waals surface area contributed by atoms with Gasteiger partial charge in [0.2, 0.25) is 11.7 Å². The van der Waals surface area contributed by atoms with Crippen LogP contribution < -0.4 is 24.5 Å². The summed E-state index contributed by atoms with van der Waals surface area (Å²) in [6.07, 6.45) is -26.8. The normalized spacial score (nSPS) is 30.0. The van der Waals surface area contributed by atoms with E-state index in [0.29, 0.717) is 11.1 Å². The Morgan fingerprint density at radius 2 is 1.28 bits per heavy atom. The fourth-order valence-electron chi connectivity index (χ4n) is 10.3. The first-order chi connectivity index (χ1) is 39.2. The van der Waals surface area contributed by atoms with Gasteiger partial charge < -0.3 is 108 Å². The van der Waals surface area contributed by atoms with Gasteiger partial charge >= 0.3 is 11.9 Å². The summed E-state index contributed by atoms with van der Waals surface area (Å²) in [4.78, 5) is 55.8. The molecule has 1 amide bonds. The van der Waals surface area contributed by atoms with Gasteiger partial charge in [-0.15, -0.1) is 0 Å². The number of benzene rings is 4. The van der Waals surface area contributed by atoms with Crippen LogP contribution in [0, 0.1) is 0 Å². The summed E-state index contributed by atoms with van der Waals surface area (Å²) in [5, 5.41) is 131. The number of hydrogen-bond donors (Lipinski definition) is 12. The second kappa shape index (κ2) is 24.5. The highest BCUT2D eigenvalue weighted by molar-refractivity contribution is 6.07. The third-order valence-electron chi connectivity index (χ3n) is 14.6. The third kappa shape index (κ3) is 11.4. The maximum atomic E-state index is 14.1. The van der Waals surface area contributed by atoms with Crippen molar-refractivity contribution in [2.75, 3.05) is 46.0 Å². The average Bonchev–Trinajstić information content (AvgIpc) is 3.29. The van der Waals surface area contributed by atoms with E-state index in [9.17, 15) is 80.5 Å². The molecule has 27 heteroatoms. The molecule has 5 aromatic rings. The van der Waals surface area contributed by atoms with Crippen LogP contribution >= 0.6 is 0 Å². The van der Waals surface area contributed by atoms with Crippen molar-refractivity contribution >= 4 is 40.6 Å². The SMILES string of the molecule is COc1cc(/C=C/C(=O)OC[C@H]2O[C@@H](O[C@@H]3[C@@H](O)[C@H](O)[C@@H](COC(=O)CC4C(=O)N([C@@H]5O[C@H](CO)[C@@H](O)[C@H](O)[C@H]5O)c5ccccc54)O[C@H]3c3c(OC)cc4oc(-c5ccc(O)cc5)cc(=O)c4c3O)[C@H](O)[C@@H](O)[C@@H]2O)cc(OC)c1O. The van der Waals surface area contributed by atoms with Crippen LogP contribution in [0.1, 0.15) is 35.1 Å². The van der Waals surface area contributed by atoms with Crippen molar-refractivity contribution in [1.82, 2.24) is 0 Å². The maximum absolute atomic E-state index is 14.1. The van der Waals surface area contributed by atoms with Crippen molar-refractivity contribution in [3.8, 4) is 45.8 Å². The highest BCUT2D eigenvalue weighted by Crippen LogP contribution is 2.48. The molecule has 4 aliphatic rings. The number of methoxy groups -OCH3 is 3. The van der Waals surface area contributed by atoms with E-state index < -0.39 is 164 Å². The minimum Gasteiger partial charge on any atom is -0.508 e. The van der Waals surface area contributed by atoms with Crippen molar-refractivity contribution in [2.45, 2.75) is 104 Å². The van der Waals surface area contributed by atoms with E-state index in [2.05, 4.69) is 0 Å². The molecule has 440 valence electrons. The molecule has 9 rings (SSSR count). The number of nitrogens with zero attached hydrogens (tertiary/aromatic N) is 1. The Kier molecular flexibility index (Phi) is 17.7. The van der Waals surface area contributed by atoms with E-state index in [0.717, 1.165) is 24.2 Å². The summed E-state index contributed by atoms with van der Waals surface area (Å²) in [7, 11) is 3.76. The number of aliphatic hydroxyl groups is 9. The molecule has 3 saturated heterocycles. The molecule has 1 aromatic heterocycles. The van der Waals surface area contributed by atoms with Gasteiger partial charge in [0.05, 0.1) is 51.5 Å². The molecule has 82 heavy (non-hydrogen) atoms. The standard InChI is InChI=1S/C55H59NO26/c1-73-30-18-31-39(28(59)17-29(78-31)23-9-11-24(58)12-10-23)45(66)40(30)51-52(82-55-50(71)47(68)43(64)36(81-55)21-76-37(60)13-8-22-14-32(74-2)41(62)33(15-22)75-3)48(69)44(65)35(79-51)20-77-38(61)16-26-25-6-4-5-7-27(25)56(53(26)72)54-49(70)46(67)42(63)34(19-57)80-54/h4-15,17-18,26,34-36,42-44,46-52,54-55,57-58,62-71H,16,19-21H2,1-3H3/b13-8+/t26?,34-,35-,36-,42-,43-,44-,46+,47+,48+,49-,50-,51+,52-,54-,55+/m1/s1. The van der Waals surface area contributed by atoms with Gasteiger partial charge in [0.25, 0.3) is 0 Å². The zero-order valence-electron chi connectivity index (χ0n) is 43.7. The van der Waals surface area contributed by atoms with Gasteiger partial charge in [-0.1, -0.05) is 18.2 Å². The van der Waals surface area contributed by atoms with Crippen LogP contribution in [0.3, 0.4) is 0 Å². The maximum Gasteiger partial charge on any atom is 0.330 e. The van der Waals surface area contributed by atoms with Gasteiger partial charge in [-0.3, -0.25) is 19.3 Å². The van der Waals surface area contributed by atoms with Gasteiger partial charge in [-0.25, -0.2) is 4.79 Å². The van der Waals surface area contributed by atoms with Crippen molar-refractivity contribution in [3.63, 3.8) is 0 Å². The third-order valence-corrected chi connectivity index (χ3v) is 14.6. The molecule has 16 atom stereocenters. The predicted octanol–water partition coefficient (Wildman–Crippen LogP) is -0.923. The molecule has 3 fully saturated rings. The van der Waals surface area contributed by atoms with E-state index in [1.165, 1.54) is 74.9 Å². The number of para-hydroxylation sites is 1. The quantitative estimate of drug-likeness (QED) is 0.0396. The van der Waals surface area contributed by atoms with Crippen molar-refractivity contribution < 1.29 is 123 Å². The molecule has 0 radical (unpaired) electrons. The van der Waals surface area contributed by atoms with Crippen LogP contribution in [0.15, 0.2) is 88.1 Å². The Labute approximate surface area is 464 Å². The van der Waals surface area contributed by atoms with E-state index in [1.54, 1.807) is 12.1 Å². The van der Waals surface area contributed by atoms with Gasteiger partial charge in [-0.2, -0.15) is 0 Å². The highest BCUT2D eigenvalue weighted by atomic mass is 16.7. The number of rotatable bonds is 17. The minimum atomic E-state index is -2.19. The summed E-state index contributed by atoms with van der Waals surface area (Å²) < 4.78 is 56.7. The number of esters is 2. The summed E-state index contributed by atoms with van der Waals surface area (Å²) >= 11 is 0. The highest BCUT2D eigenvalue weighted by Gasteiger charge is 2.54. The lowest BCUT2D eigenvalue weighted by atomic mass is 9.89. The van der Waals surface area contributed by atoms with Crippen molar-refractivity contribution in [1.29, 1.82) is 0 Å². The number of carbonyl (C=O) groups excluding carboxylic acids is 3. The van der Waals surface area contributed by atoms with Gasteiger partial charge in [0.15, 0.2) is 29.4 Å². The average molecular weight is 1150 g/mol. The molecular formula is C55H59NO26. The molecule has 0 aliphatic carbocycles. The van der Waals surface area contributed by atoms with Crippen LogP contribution in [-0.2, 0) is 42.8 Å². The van der Waals surface area contributed by atoms with E-state index >= 15 is 0 Å². The molecule has 0 spiro atoms.